The van der Waals surface area contributed by atoms with Crippen molar-refractivity contribution in [3.63, 3.8) is 0 Å². The normalized spacial score (nSPS) is 34.0. The van der Waals surface area contributed by atoms with E-state index >= 15 is 0 Å². The standard InChI is InChI=1S/C13H18O7/c14-5-7-3-1-2-4-8(7)19-13-12(18)11(17)10(16)9(6-15)20-13/h1-4,9-18H,5-6H2/t9?,10?,11?,12?,13-/m0/s1. The van der Waals surface area contributed by atoms with Gasteiger partial charge in [0, 0.05) is 5.56 Å². The summed E-state index contributed by atoms with van der Waals surface area (Å²) in [5.41, 5.74) is 0.490. The lowest BCUT2D eigenvalue weighted by Crippen LogP contribution is -2.60. The molecule has 1 aliphatic rings. The Morgan fingerprint density at radius 1 is 1.00 bits per heavy atom. The van der Waals surface area contributed by atoms with E-state index in [0.29, 0.717) is 11.3 Å². The highest BCUT2D eigenvalue weighted by molar-refractivity contribution is 5.32. The van der Waals surface area contributed by atoms with Crippen LogP contribution in [0.15, 0.2) is 24.3 Å². The van der Waals surface area contributed by atoms with Crippen molar-refractivity contribution in [2.75, 3.05) is 6.61 Å². The van der Waals surface area contributed by atoms with Crippen LogP contribution in [0.1, 0.15) is 5.56 Å². The fourth-order valence-corrected chi connectivity index (χ4v) is 2.04. The van der Waals surface area contributed by atoms with Crippen molar-refractivity contribution in [3.05, 3.63) is 29.8 Å². The highest BCUT2D eigenvalue weighted by Crippen LogP contribution is 2.26. The van der Waals surface area contributed by atoms with Gasteiger partial charge in [0.15, 0.2) is 0 Å². The monoisotopic (exact) mass is 286 g/mol. The molecule has 7 heteroatoms. The molecule has 1 heterocycles. The van der Waals surface area contributed by atoms with E-state index in [9.17, 15) is 20.4 Å². The molecule has 1 aromatic carbocycles. The number of hydrogen-bond donors (Lipinski definition) is 5. The average molecular weight is 286 g/mol. The second-order valence-corrected chi connectivity index (χ2v) is 4.58. The molecule has 2 rings (SSSR count). The van der Waals surface area contributed by atoms with E-state index in [1.807, 2.05) is 0 Å². The Labute approximate surface area is 115 Å². The van der Waals surface area contributed by atoms with E-state index in [4.69, 9.17) is 14.6 Å². The third-order valence-electron chi connectivity index (χ3n) is 3.23. The molecule has 1 saturated heterocycles. The minimum Gasteiger partial charge on any atom is -0.462 e. The lowest BCUT2D eigenvalue weighted by molar-refractivity contribution is -0.277. The second-order valence-electron chi connectivity index (χ2n) is 4.58. The minimum absolute atomic E-state index is 0.256. The molecule has 5 N–H and O–H groups in total. The summed E-state index contributed by atoms with van der Waals surface area (Å²) in [5.74, 6) is 0.291. The van der Waals surface area contributed by atoms with Crippen LogP contribution in [0.2, 0.25) is 0 Å². The molecule has 0 aromatic heterocycles. The van der Waals surface area contributed by atoms with E-state index in [0.717, 1.165) is 0 Å². The zero-order valence-electron chi connectivity index (χ0n) is 10.7. The van der Waals surface area contributed by atoms with Gasteiger partial charge in [0.05, 0.1) is 13.2 Å². The van der Waals surface area contributed by atoms with Gasteiger partial charge in [-0.25, -0.2) is 0 Å². The van der Waals surface area contributed by atoms with Crippen LogP contribution in [0.5, 0.6) is 5.75 Å². The van der Waals surface area contributed by atoms with Gasteiger partial charge in [-0.3, -0.25) is 0 Å². The molecule has 1 fully saturated rings. The lowest BCUT2D eigenvalue weighted by atomic mass is 9.99. The fraction of sp³-hybridized carbons (Fsp3) is 0.538. The van der Waals surface area contributed by atoms with Gasteiger partial charge in [-0.2, -0.15) is 0 Å². The van der Waals surface area contributed by atoms with Crippen LogP contribution in [0.4, 0.5) is 0 Å². The van der Waals surface area contributed by atoms with Gasteiger partial charge in [0.2, 0.25) is 6.29 Å². The van der Waals surface area contributed by atoms with Gasteiger partial charge in [-0.05, 0) is 6.07 Å². The molecule has 0 spiro atoms. The Kier molecular flexibility index (Phi) is 4.92. The number of para-hydroxylation sites is 1. The molecular formula is C13H18O7. The Hall–Kier alpha value is -1.22. The maximum absolute atomic E-state index is 9.84. The summed E-state index contributed by atoms with van der Waals surface area (Å²) in [6.07, 6.45) is -6.67. The molecule has 0 amide bonds. The Morgan fingerprint density at radius 3 is 2.35 bits per heavy atom. The summed E-state index contributed by atoms with van der Waals surface area (Å²) >= 11 is 0. The van der Waals surface area contributed by atoms with Gasteiger partial charge >= 0.3 is 0 Å². The Balaban J connectivity index is 2.15. The first-order chi connectivity index (χ1) is 9.58. The van der Waals surface area contributed by atoms with Crippen molar-refractivity contribution in [3.8, 4) is 5.75 Å². The van der Waals surface area contributed by atoms with Crippen molar-refractivity contribution in [2.45, 2.75) is 37.3 Å². The number of benzene rings is 1. The predicted molar refractivity (Wildman–Crippen MR) is 66.8 cm³/mol. The summed E-state index contributed by atoms with van der Waals surface area (Å²) in [4.78, 5) is 0. The van der Waals surface area contributed by atoms with Crippen LogP contribution in [0.25, 0.3) is 0 Å². The Morgan fingerprint density at radius 2 is 1.70 bits per heavy atom. The average Bonchev–Trinajstić information content (AvgIpc) is 2.48. The first-order valence-corrected chi connectivity index (χ1v) is 6.24. The molecule has 1 aliphatic heterocycles. The van der Waals surface area contributed by atoms with Crippen molar-refractivity contribution >= 4 is 0 Å². The van der Waals surface area contributed by atoms with Gasteiger partial charge in [0.25, 0.3) is 0 Å². The molecule has 0 bridgehead atoms. The second kappa shape index (κ2) is 6.49. The smallest absolute Gasteiger partial charge is 0.229 e. The SMILES string of the molecule is OCc1ccccc1O[C@H]1OC(CO)C(O)C(O)C1O. The maximum Gasteiger partial charge on any atom is 0.229 e. The van der Waals surface area contributed by atoms with Crippen molar-refractivity contribution in [1.82, 2.24) is 0 Å². The summed E-state index contributed by atoms with van der Waals surface area (Å²) < 4.78 is 10.6. The van der Waals surface area contributed by atoms with E-state index in [2.05, 4.69) is 0 Å². The largest absolute Gasteiger partial charge is 0.462 e. The molecule has 7 nitrogen and oxygen atoms in total. The molecule has 112 valence electrons. The summed E-state index contributed by atoms with van der Waals surface area (Å²) in [6.45, 7) is -0.778. The van der Waals surface area contributed by atoms with E-state index in [-0.39, 0.29) is 6.61 Å². The highest BCUT2D eigenvalue weighted by Gasteiger charge is 2.44. The zero-order chi connectivity index (χ0) is 14.7. The molecule has 4 unspecified atom stereocenters. The molecule has 0 saturated carbocycles. The number of hydrogen-bond acceptors (Lipinski definition) is 7. The number of rotatable bonds is 4. The summed E-state index contributed by atoms with van der Waals surface area (Å²) in [7, 11) is 0. The van der Waals surface area contributed by atoms with Crippen LogP contribution in [0.3, 0.4) is 0 Å². The van der Waals surface area contributed by atoms with E-state index < -0.39 is 37.3 Å². The lowest BCUT2D eigenvalue weighted by Gasteiger charge is -2.39. The third-order valence-corrected chi connectivity index (χ3v) is 3.23. The molecule has 1 aromatic rings. The van der Waals surface area contributed by atoms with E-state index in [1.165, 1.54) is 0 Å². The van der Waals surface area contributed by atoms with Gasteiger partial charge in [-0.1, -0.05) is 18.2 Å². The van der Waals surface area contributed by atoms with E-state index in [1.54, 1.807) is 24.3 Å². The molecule has 0 aliphatic carbocycles. The predicted octanol–water partition coefficient (Wildman–Crippen LogP) is -1.64. The zero-order valence-corrected chi connectivity index (χ0v) is 10.7. The Bertz CT molecular complexity index is 436. The van der Waals surface area contributed by atoms with Crippen LogP contribution in [0, 0.1) is 0 Å². The summed E-state index contributed by atoms with van der Waals surface area (Å²) in [5, 5.41) is 47.4. The van der Waals surface area contributed by atoms with Crippen LogP contribution >= 0.6 is 0 Å². The van der Waals surface area contributed by atoms with Gasteiger partial charge < -0.3 is 35.0 Å². The fourth-order valence-electron chi connectivity index (χ4n) is 2.04. The molecule has 5 atom stereocenters. The van der Waals surface area contributed by atoms with Gasteiger partial charge in [-0.15, -0.1) is 0 Å². The first kappa shape index (κ1) is 15.2. The molecule has 0 radical (unpaired) electrons. The first-order valence-electron chi connectivity index (χ1n) is 6.24. The van der Waals surface area contributed by atoms with Crippen LogP contribution < -0.4 is 4.74 Å². The van der Waals surface area contributed by atoms with Crippen LogP contribution in [-0.4, -0.2) is 62.8 Å². The van der Waals surface area contributed by atoms with Gasteiger partial charge in [0.1, 0.15) is 30.2 Å². The molecular weight excluding hydrogens is 268 g/mol. The minimum atomic E-state index is -1.49. The number of aliphatic hydroxyl groups is 5. The third kappa shape index (κ3) is 2.93. The van der Waals surface area contributed by atoms with Crippen molar-refractivity contribution < 1.29 is 35.0 Å². The topological polar surface area (TPSA) is 120 Å². The quantitative estimate of drug-likeness (QED) is 0.450. The summed E-state index contributed by atoms with van der Waals surface area (Å²) in [6, 6.07) is 6.61. The number of aliphatic hydroxyl groups excluding tert-OH is 5. The maximum atomic E-state index is 9.84. The molecule has 20 heavy (non-hydrogen) atoms. The number of ether oxygens (including phenoxy) is 2. The highest BCUT2D eigenvalue weighted by atomic mass is 16.7. The van der Waals surface area contributed by atoms with Crippen LogP contribution in [-0.2, 0) is 11.3 Å². The van der Waals surface area contributed by atoms with Crippen molar-refractivity contribution in [2.24, 2.45) is 0 Å². The van der Waals surface area contributed by atoms with Crippen molar-refractivity contribution in [1.29, 1.82) is 0 Å².